The van der Waals surface area contributed by atoms with Crippen molar-refractivity contribution in [1.29, 1.82) is 0 Å². The molecule has 102 valence electrons. The van der Waals surface area contributed by atoms with E-state index in [0.29, 0.717) is 18.5 Å². The molecule has 1 fully saturated rings. The van der Waals surface area contributed by atoms with Gasteiger partial charge in [-0.2, -0.15) is 0 Å². The number of anilines is 1. The molecule has 2 rings (SSSR count). The van der Waals surface area contributed by atoms with Gasteiger partial charge in [-0.3, -0.25) is 0 Å². The minimum absolute atomic E-state index is 0.0511. The number of ether oxygens (including phenoxy) is 1. The number of carbonyl (C=O) groups is 2. The van der Waals surface area contributed by atoms with Crippen LogP contribution in [0.2, 0.25) is 0 Å². The molecular formula is C12H14FN3O3. The molecule has 6 nitrogen and oxygen atoms in total. The van der Waals surface area contributed by atoms with Crippen LogP contribution in [0, 0.1) is 5.82 Å². The summed E-state index contributed by atoms with van der Waals surface area (Å²) in [7, 11) is 0. The number of hydrogen-bond acceptors (Lipinski definition) is 3. The van der Waals surface area contributed by atoms with Crippen LogP contribution in [0.3, 0.4) is 0 Å². The second-order valence-electron chi connectivity index (χ2n) is 4.33. The highest BCUT2D eigenvalue weighted by atomic mass is 19.1. The Balaban J connectivity index is 1.71. The van der Waals surface area contributed by atoms with E-state index in [-0.39, 0.29) is 24.0 Å². The molecule has 0 heterocycles. The van der Waals surface area contributed by atoms with Crippen molar-refractivity contribution in [1.82, 2.24) is 5.32 Å². The van der Waals surface area contributed by atoms with Crippen molar-refractivity contribution in [3.63, 3.8) is 0 Å². The topological polar surface area (TPSA) is 93.5 Å². The van der Waals surface area contributed by atoms with Gasteiger partial charge in [0.15, 0.2) is 0 Å². The third-order valence-corrected chi connectivity index (χ3v) is 2.81. The van der Waals surface area contributed by atoms with Crippen LogP contribution in [0.15, 0.2) is 24.3 Å². The smallest absolute Gasteiger partial charge is 0.404 e. The average molecular weight is 267 g/mol. The van der Waals surface area contributed by atoms with Gasteiger partial charge >= 0.3 is 12.1 Å². The van der Waals surface area contributed by atoms with Gasteiger partial charge in [0, 0.05) is 24.6 Å². The highest BCUT2D eigenvalue weighted by molar-refractivity contribution is 5.89. The monoisotopic (exact) mass is 267 g/mol. The van der Waals surface area contributed by atoms with Crippen molar-refractivity contribution < 1.29 is 18.7 Å². The van der Waals surface area contributed by atoms with E-state index in [4.69, 9.17) is 10.5 Å². The lowest BCUT2D eigenvalue weighted by molar-refractivity contribution is 0.0408. The summed E-state index contributed by atoms with van der Waals surface area (Å²) in [6.07, 6.45) is 0.0485. The summed E-state index contributed by atoms with van der Waals surface area (Å²) in [4.78, 5) is 22.1. The van der Waals surface area contributed by atoms with Gasteiger partial charge in [-0.25, -0.2) is 14.0 Å². The first-order chi connectivity index (χ1) is 9.02. The lowest BCUT2D eigenvalue weighted by atomic mass is 9.89. The van der Waals surface area contributed by atoms with Crippen LogP contribution in [0.4, 0.5) is 19.7 Å². The first kappa shape index (κ1) is 13.1. The molecule has 0 aliphatic heterocycles. The van der Waals surface area contributed by atoms with Crippen molar-refractivity contribution >= 4 is 17.8 Å². The maximum absolute atomic E-state index is 12.7. The summed E-state index contributed by atoms with van der Waals surface area (Å²) in [5, 5.41) is 5.28. The predicted molar refractivity (Wildman–Crippen MR) is 66.0 cm³/mol. The molecule has 4 N–H and O–H groups in total. The summed E-state index contributed by atoms with van der Waals surface area (Å²) < 4.78 is 17.4. The third kappa shape index (κ3) is 3.84. The molecule has 0 spiro atoms. The van der Waals surface area contributed by atoms with Crippen molar-refractivity contribution in [3.05, 3.63) is 30.1 Å². The Labute approximate surface area is 109 Å². The summed E-state index contributed by atoms with van der Waals surface area (Å²) in [6, 6.07) is 5.02. The zero-order chi connectivity index (χ0) is 13.8. The van der Waals surface area contributed by atoms with E-state index in [0.717, 1.165) is 0 Å². The zero-order valence-electron chi connectivity index (χ0n) is 10.1. The molecule has 19 heavy (non-hydrogen) atoms. The number of nitrogens with one attached hydrogen (secondary N) is 2. The maximum atomic E-state index is 12.7. The van der Waals surface area contributed by atoms with E-state index >= 15 is 0 Å². The van der Waals surface area contributed by atoms with E-state index in [1.54, 1.807) is 0 Å². The number of halogens is 1. The first-order valence-electron chi connectivity index (χ1n) is 5.82. The van der Waals surface area contributed by atoms with Crippen LogP contribution in [0.25, 0.3) is 0 Å². The Hall–Kier alpha value is -2.31. The number of amides is 3. The van der Waals surface area contributed by atoms with Gasteiger partial charge in [0.2, 0.25) is 0 Å². The molecule has 0 unspecified atom stereocenters. The van der Waals surface area contributed by atoms with E-state index in [2.05, 4.69) is 10.6 Å². The Morgan fingerprint density at radius 2 is 1.89 bits per heavy atom. The highest BCUT2D eigenvalue weighted by Crippen LogP contribution is 2.23. The maximum Gasteiger partial charge on any atom is 0.404 e. The SMILES string of the molecule is NC(=O)OC1CC(NC(=O)Nc2ccc(F)cc2)C1. The molecule has 0 radical (unpaired) electrons. The summed E-state index contributed by atoms with van der Waals surface area (Å²) in [6.45, 7) is 0. The minimum atomic E-state index is -0.806. The predicted octanol–water partition coefficient (Wildman–Crippen LogP) is 1.57. The lowest BCUT2D eigenvalue weighted by Crippen LogP contribution is -2.50. The Morgan fingerprint density at radius 1 is 1.26 bits per heavy atom. The molecule has 1 aromatic rings. The Morgan fingerprint density at radius 3 is 2.47 bits per heavy atom. The Kier molecular flexibility index (Phi) is 3.84. The van der Waals surface area contributed by atoms with Crippen LogP contribution in [-0.2, 0) is 4.74 Å². The summed E-state index contributed by atoms with van der Waals surface area (Å²) in [5.74, 6) is -0.364. The molecular weight excluding hydrogens is 253 g/mol. The normalized spacial score (nSPS) is 21.1. The van der Waals surface area contributed by atoms with Gasteiger partial charge < -0.3 is 21.1 Å². The van der Waals surface area contributed by atoms with Crippen LogP contribution >= 0.6 is 0 Å². The van der Waals surface area contributed by atoms with Crippen molar-refractivity contribution in [2.75, 3.05) is 5.32 Å². The molecule has 1 aromatic carbocycles. The number of benzene rings is 1. The fraction of sp³-hybridized carbons (Fsp3) is 0.333. The highest BCUT2D eigenvalue weighted by Gasteiger charge is 2.32. The van der Waals surface area contributed by atoms with Gasteiger partial charge in [-0.1, -0.05) is 0 Å². The molecule has 7 heteroatoms. The molecule has 1 aliphatic rings. The fourth-order valence-corrected chi connectivity index (χ4v) is 1.83. The van der Waals surface area contributed by atoms with E-state index in [1.165, 1.54) is 24.3 Å². The van der Waals surface area contributed by atoms with Gasteiger partial charge in [-0.05, 0) is 24.3 Å². The molecule has 0 saturated heterocycles. The molecule has 1 aliphatic carbocycles. The van der Waals surface area contributed by atoms with Crippen LogP contribution in [0.5, 0.6) is 0 Å². The number of urea groups is 1. The quantitative estimate of drug-likeness (QED) is 0.776. The van der Waals surface area contributed by atoms with E-state index in [9.17, 15) is 14.0 Å². The summed E-state index contributed by atoms with van der Waals surface area (Å²) >= 11 is 0. The van der Waals surface area contributed by atoms with Crippen LogP contribution < -0.4 is 16.4 Å². The molecule has 0 bridgehead atoms. The number of rotatable bonds is 3. The second kappa shape index (κ2) is 5.55. The van der Waals surface area contributed by atoms with Crippen molar-refractivity contribution in [2.24, 2.45) is 5.73 Å². The van der Waals surface area contributed by atoms with Crippen LogP contribution in [-0.4, -0.2) is 24.3 Å². The van der Waals surface area contributed by atoms with Crippen molar-refractivity contribution in [2.45, 2.75) is 25.0 Å². The molecule has 1 saturated carbocycles. The van der Waals surface area contributed by atoms with E-state index in [1.807, 2.05) is 0 Å². The van der Waals surface area contributed by atoms with Gasteiger partial charge in [0.05, 0.1) is 0 Å². The zero-order valence-corrected chi connectivity index (χ0v) is 10.1. The van der Waals surface area contributed by atoms with Gasteiger partial charge in [-0.15, -0.1) is 0 Å². The lowest BCUT2D eigenvalue weighted by Gasteiger charge is -2.34. The minimum Gasteiger partial charge on any atom is -0.446 e. The third-order valence-electron chi connectivity index (χ3n) is 2.81. The molecule has 0 atom stereocenters. The largest absolute Gasteiger partial charge is 0.446 e. The average Bonchev–Trinajstić information content (AvgIpc) is 2.29. The van der Waals surface area contributed by atoms with E-state index < -0.39 is 6.09 Å². The Bertz CT molecular complexity index is 472. The van der Waals surface area contributed by atoms with Gasteiger partial charge in [0.25, 0.3) is 0 Å². The van der Waals surface area contributed by atoms with Crippen LogP contribution in [0.1, 0.15) is 12.8 Å². The fourth-order valence-electron chi connectivity index (χ4n) is 1.83. The molecule has 0 aromatic heterocycles. The summed E-state index contributed by atoms with van der Waals surface area (Å²) in [5.41, 5.74) is 5.38. The standard InChI is InChI=1S/C12H14FN3O3/c13-7-1-3-8(4-2-7)15-12(18)16-9-5-10(6-9)19-11(14)17/h1-4,9-10H,5-6H2,(H2,14,17)(H2,15,16,18). The second-order valence-corrected chi connectivity index (χ2v) is 4.33. The van der Waals surface area contributed by atoms with Gasteiger partial charge in [0.1, 0.15) is 11.9 Å². The van der Waals surface area contributed by atoms with Crippen molar-refractivity contribution in [3.8, 4) is 0 Å². The number of primary amides is 1. The number of hydrogen-bond donors (Lipinski definition) is 3. The number of nitrogens with two attached hydrogens (primary N) is 1. The number of carbonyl (C=O) groups excluding carboxylic acids is 2. The molecule has 3 amide bonds. The first-order valence-corrected chi connectivity index (χ1v) is 5.82.